The summed E-state index contributed by atoms with van der Waals surface area (Å²) >= 11 is 5.81. The third-order valence-electron chi connectivity index (χ3n) is 4.88. The number of nitrogen functional groups attached to an aromatic ring is 1. The molecule has 2 aromatic heterocycles. The van der Waals surface area contributed by atoms with Crippen molar-refractivity contribution in [1.82, 2.24) is 19.5 Å². The van der Waals surface area contributed by atoms with E-state index >= 15 is 0 Å². The number of fused-ring (bicyclic) bond motifs is 1. The topological polar surface area (TPSA) is 129 Å². The minimum atomic E-state index is -5.02. The van der Waals surface area contributed by atoms with Gasteiger partial charge in [0.1, 0.15) is 36.0 Å². The second-order valence-corrected chi connectivity index (χ2v) is 7.15. The summed E-state index contributed by atoms with van der Waals surface area (Å²) in [6, 6.07) is 3.37. The Morgan fingerprint density at radius 2 is 2.00 bits per heavy atom. The molecule has 3 aromatic rings. The summed E-state index contributed by atoms with van der Waals surface area (Å²) in [4.78, 5) is 11.8. The van der Waals surface area contributed by atoms with Crippen LogP contribution in [0.1, 0.15) is 5.56 Å². The van der Waals surface area contributed by atoms with Crippen molar-refractivity contribution in [2.24, 2.45) is 0 Å². The van der Waals surface area contributed by atoms with Crippen LogP contribution in [-0.4, -0.2) is 61.0 Å². The highest BCUT2D eigenvalue weighted by atomic mass is 35.5. The second kappa shape index (κ2) is 7.53. The van der Waals surface area contributed by atoms with Gasteiger partial charge in [0, 0.05) is 10.6 Å². The molecule has 166 valence electrons. The van der Waals surface area contributed by atoms with E-state index in [4.69, 9.17) is 22.1 Å². The van der Waals surface area contributed by atoms with E-state index in [-0.39, 0.29) is 27.6 Å². The number of aliphatic hydroxyl groups excluding tert-OH is 2. The second-order valence-electron chi connectivity index (χ2n) is 6.71. The zero-order chi connectivity index (χ0) is 22.6. The molecule has 0 saturated carbocycles. The molecular weight excluding hydrogens is 450 g/mol. The predicted molar refractivity (Wildman–Crippen MR) is 97.1 cm³/mol. The molecule has 0 amide bonds. The fourth-order valence-electron chi connectivity index (χ4n) is 3.54. The molecule has 0 unspecified atom stereocenters. The largest absolute Gasteiger partial charge is 0.522 e. The number of hydrogen-bond acceptors (Lipinski definition) is 8. The molecule has 1 fully saturated rings. The molecule has 0 radical (unpaired) electrons. The van der Waals surface area contributed by atoms with Crippen LogP contribution in [0.5, 0.6) is 0 Å². The van der Waals surface area contributed by atoms with Crippen molar-refractivity contribution < 1.29 is 37.2 Å². The Labute approximate surface area is 176 Å². The van der Waals surface area contributed by atoms with Gasteiger partial charge in [-0.15, -0.1) is 13.2 Å². The molecule has 9 nitrogen and oxygen atoms in total. The normalized spacial score (nSPS) is 26.6. The van der Waals surface area contributed by atoms with Crippen LogP contribution in [0.2, 0.25) is 5.02 Å². The zero-order valence-corrected chi connectivity index (χ0v) is 16.0. The van der Waals surface area contributed by atoms with Crippen LogP contribution in [0.4, 0.5) is 23.4 Å². The number of ether oxygens (including phenoxy) is 2. The Morgan fingerprint density at radius 3 is 2.68 bits per heavy atom. The molecule has 0 aliphatic carbocycles. The number of nitrogens with zero attached hydrogens (tertiary/aromatic N) is 4. The standard InChI is InChI=1S/C17H14ClF4N5O4/c18-7-1-2-8(9(19)3-7)16(27-6-26-11-14(23)24-5-25-15(11)27)13(29)12(28)10(31-16)4-30-17(20,21)22/h1-3,5-6,10,12-13,28-29H,4H2,(H2,23,24,25)/t10-,12-,13-,16-/m1/s1. The summed E-state index contributed by atoms with van der Waals surface area (Å²) in [5, 5.41) is 21.4. The lowest BCUT2D eigenvalue weighted by Gasteiger charge is -2.34. The summed E-state index contributed by atoms with van der Waals surface area (Å²) in [5.41, 5.74) is 3.20. The van der Waals surface area contributed by atoms with Crippen LogP contribution in [-0.2, 0) is 15.2 Å². The van der Waals surface area contributed by atoms with Gasteiger partial charge in [-0.1, -0.05) is 11.6 Å². The predicted octanol–water partition coefficient (Wildman–Crippen LogP) is 1.56. The monoisotopic (exact) mass is 463 g/mol. The van der Waals surface area contributed by atoms with E-state index < -0.39 is 42.8 Å². The van der Waals surface area contributed by atoms with E-state index in [1.807, 2.05) is 0 Å². The maximum absolute atomic E-state index is 15.0. The molecular formula is C17H14ClF4N5O4. The van der Waals surface area contributed by atoms with E-state index in [1.54, 1.807) is 0 Å². The smallest absolute Gasteiger partial charge is 0.387 e. The van der Waals surface area contributed by atoms with Crippen LogP contribution in [0.25, 0.3) is 11.2 Å². The van der Waals surface area contributed by atoms with Gasteiger partial charge in [-0.05, 0) is 18.2 Å². The van der Waals surface area contributed by atoms with Gasteiger partial charge in [-0.25, -0.2) is 19.3 Å². The number of imidazole rings is 1. The summed E-state index contributed by atoms with van der Waals surface area (Å²) in [5.74, 6) is -1.000. The van der Waals surface area contributed by atoms with Gasteiger partial charge in [0.2, 0.25) is 5.72 Å². The Balaban J connectivity index is 1.91. The van der Waals surface area contributed by atoms with Crippen LogP contribution in [0.15, 0.2) is 30.9 Å². The number of benzene rings is 1. The average Bonchev–Trinajstić information content (AvgIpc) is 3.22. The summed E-state index contributed by atoms with van der Waals surface area (Å²) in [6.45, 7) is -1.16. The molecule has 1 aliphatic heterocycles. The lowest BCUT2D eigenvalue weighted by Crippen LogP contribution is -2.47. The first kappa shape index (κ1) is 21.6. The fraction of sp³-hybridized carbons (Fsp3) is 0.353. The highest BCUT2D eigenvalue weighted by molar-refractivity contribution is 6.30. The minimum absolute atomic E-state index is 0.0171. The molecule has 31 heavy (non-hydrogen) atoms. The van der Waals surface area contributed by atoms with Crippen molar-refractivity contribution >= 4 is 28.6 Å². The first-order valence-corrected chi connectivity index (χ1v) is 9.06. The zero-order valence-electron chi connectivity index (χ0n) is 15.3. The number of halogens is 5. The first-order chi connectivity index (χ1) is 14.5. The van der Waals surface area contributed by atoms with Gasteiger partial charge in [0.25, 0.3) is 0 Å². The molecule has 4 N–H and O–H groups in total. The number of aromatic nitrogens is 4. The molecule has 3 heterocycles. The Bertz CT molecular complexity index is 1130. The van der Waals surface area contributed by atoms with E-state index in [2.05, 4.69) is 19.7 Å². The van der Waals surface area contributed by atoms with Crippen LogP contribution in [0.3, 0.4) is 0 Å². The molecule has 14 heteroatoms. The molecule has 1 saturated heterocycles. The van der Waals surface area contributed by atoms with Gasteiger partial charge in [-0.2, -0.15) is 0 Å². The van der Waals surface area contributed by atoms with Gasteiger partial charge in [0.15, 0.2) is 11.5 Å². The third kappa shape index (κ3) is 3.57. The van der Waals surface area contributed by atoms with Crippen molar-refractivity contribution in [1.29, 1.82) is 0 Å². The van der Waals surface area contributed by atoms with E-state index in [9.17, 15) is 27.8 Å². The fourth-order valence-corrected chi connectivity index (χ4v) is 3.70. The van der Waals surface area contributed by atoms with Crippen molar-refractivity contribution in [3.63, 3.8) is 0 Å². The Morgan fingerprint density at radius 1 is 1.26 bits per heavy atom. The molecule has 4 rings (SSSR count). The summed E-state index contributed by atoms with van der Waals surface area (Å²) in [7, 11) is 0. The van der Waals surface area contributed by atoms with Gasteiger partial charge >= 0.3 is 6.36 Å². The molecule has 1 aromatic carbocycles. The number of alkyl halides is 3. The van der Waals surface area contributed by atoms with E-state index in [1.165, 1.54) is 6.07 Å². The molecule has 4 atom stereocenters. The molecule has 0 bridgehead atoms. The SMILES string of the molecule is Nc1ncnc2c1ncn2[C@]1(c2ccc(Cl)cc2F)O[C@H](COC(F)(F)F)[C@@H](O)[C@H]1O. The van der Waals surface area contributed by atoms with Gasteiger partial charge < -0.3 is 20.7 Å². The number of rotatable bonds is 4. The van der Waals surface area contributed by atoms with Gasteiger partial charge in [-0.3, -0.25) is 9.30 Å². The average molecular weight is 464 g/mol. The number of hydrogen-bond donors (Lipinski definition) is 3. The minimum Gasteiger partial charge on any atom is -0.387 e. The summed E-state index contributed by atoms with van der Waals surface area (Å²) in [6.07, 6.45) is -8.40. The van der Waals surface area contributed by atoms with E-state index in [0.29, 0.717) is 0 Å². The van der Waals surface area contributed by atoms with Crippen molar-refractivity contribution in [2.45, 2.75) is 30.4 Å². The third-order valence-corrected chi connectivity index (χ3v) is 5.12. The van der Waals surface area contributed by atoms with E-state index in [0.717, 1.165) is 29.4 Å². The molecule has 1 aliphatic rings. The number of nitrogens with two attached hydrogens (primary N) is 1. The highest BCUT2D eigenvalue weighted by Gasteiger charge is 2.59. The number of anilines is 1. The lowest BCUT2D eigenvalue weighted by atomic mass is 9.94. The van der Waals surface area contributed by atoms with Crippen molar-refractivity contribution in [3.8, 4) is 0 Å². The van der Waals surface area contributed by atoms with Crippen LogP contribution in [0, 0.1) is 5.82 Å². The lowest BCUT2D eigenvalue weighted by molar-refractivity contribution is -0.334. The first-order valence-electron chi connectivity index (χ1n) is 8.69. The number of aliphatic hydroxyl groups is 2. The Kier molecular flexibility index (Phi) is 5.26. The maximum Gasteiger partial charge on any atom is 0.522 e. The Hall–Kier alpha value is -2.58. The highest BCUT2D eigenvalue weighted by Crippen LogP contribution is 2.44. The maximum atomic E-state index is 15.0. The van der Waals surface area contributed by atoms with Crippen LogP contribution >= 0.6 is 11.6 Å². The van der Waals surface area contributed by atoms with Crippen LogP contribution < -0.4 is 5.73 Å². The van der Waals surface area contributed by atoms with Crippen molar-refractivity contribution in [3.05, 3.63) is 47.3 Å². The summed E-state index contributed by atoms with van der Waals surface area (Å²) < 4.78 is 63.1. The van der Waals surface area contributed by atoms with Crippen molar-refractivity contribution in [2.75, 3.05) is 12.3 Å². The molecule has 0 spiro atoms. The van der Waals surface area contributed by atoms with Gasteiger partial charge in [0.05, 0.1) is 12.9 Å². The quantitative estimate of drug-likeness (QED) is 0.497.